The summed E-state index contributed by atoms with van der Waals surface area (Å²) in [4.78, 5) is 11.2. The minimum atomic E-state index is -0.0570. The normalized spacial score (nSPS) is 13.1. The Labute approximate surface area is 75.3 Å². The SMILES string of the molecule is CCCC[C@@H](C)C(=O)OC(C)C. The van der Waals surface area contributed by atoms with Gasteiger partial charge in [0.2, 0.25) is 0 Å². The molecule has 0 rings (SSSR count). The van der Waals surface area contributed by atoms with Crippen LogP contribution in [0.15, 0.2) is 0 Å². The van der Waals surface area contributed by atoms with Crippen molar-refractivity contribution < 1.29 is 9.53 Å². The zero-order chi connectivity index (χ0) is 9.56. The maximum Gasteiger partial charge on any atom is 0.308 e. The topological polar surface area (TPSA) is 26.3 Å². The zero-order valence-corrected chi connectivity index (χ0v) is 8.59. The second-order valence-corrected chi connectivity index (χ2v) is 3.53. The van der Waals surface area contributed by atoms with Gasteiger partial charge in [-0.25, -0.2) is 0 Å². The van der Waals surface area contributed by atoms with E-state index in [4.69, 9.17) is 4.74 Å². The van der Waals surface area contributed by atoms with Crippen molar-refractivity contribution in [2.45, 2.75) is 53.1 Å². The summed E-state index contributed by atoms with van der Waals surface area (Å²) in [6, 6.07) is 0. The summed E-state index contributed by atoms with van der Waals surface area (Å²) in [5.74, 6) is 0.00537. The summed E-state index contributed by atoms with van der Waals surface area (Å²) >= 11 is 0. The average molecular weight is 172 g/mol. The largest absolute Gasteiger partial charge is 0.463 e. The summed E-state index contributed by atoms with van der Waals surface area (Å²) in [5, 5.41) is 0. The van der Waals surface area contributed by atoms with Gasteiger partial charge in [0, 0.05) is 0 Å². The molecular formula is C10H20O2. The predicted octanol–water partition coefficient (Wildman–Crippen LogP) is 2.76. The number of hydrogen-bond donors (Lipinski definition) is 0. The average Bonchev–Trinajstić information content (AvgIpc) is 1.98. The van der Waals surface area contributed by atoms with Crippen LogP contribution in [0.3, 0.4) is 0 Å². The fourth-order valence-electron chi connectivity index (χ4n) is 0.977. The van der Waals surface area contributed by atoms with Crippen molar-refractivity contribution in [3.8, 4) is 0 Å². The number of esters is 1. The van der Waals surface area contributed by atoms with Crippen LogP contribution in [-0.4, -0.2) is 12.1 Å². The molecule has 0 aromatic carbocycles. The van der Waals surface area contributed by atoms with E-state index in [1.165, 1.54) is 0 Å². The molecule has 0 saturated heterocycles. The molecule has 0 unspecified atom stereocenters. The van der Waals surface area contributed by atoms with Crippen molar-refractivity contribution in [2.24, 2.45) is 5.92 Å². The van der Waals surface area contributed by atoms with Crippen LogP contribution >= 0.6 is 0 Å². The monoisotopic (exact) mass is 172 g/mol. The maximum atomic E-state index is 11.2. The van der Waals surface area contributed by atoms with Crippen molar-refractivity contribution in [1.82, 2.24) is 0 Å². The van der Waals surface area contributed by atoms with E-state index < -0.39 is 0 Å². The minimum Gasteiger partial charge on any atom is -0.463 e. The third-order valence-corrected chi connectivity index (χ3v) is 1.74. The highest BCUT2D eigenvalue weighted by molar-refractivity contribution is 5.72. The van der Waals surface area contributed by atoms with Crippen molar-refractivity contribution in [3.05, 3.63) is 0 Å². The molecule has 0 heterocycles. The summed E-state index contributed by atoms with van der Waals surface area (Å²) in [6.45, 7) is 7.82. The molecule has 12 heavy (non-hydrogen) atoms. The molecule has 0 saturated carbocycles. The van der Waals surface area contributed by atoms with Crippen molar-refractivity contribution in [2.75, 3.05) is 0 Å². The Hall–Kier alpha value is -0.530. The molecule has 1 atom stereocenters. The first-order valence-corrected chi connectivity index (χ1v) is 4.78. The molecular weight excluding hydrogens is 152 g/mol. The van der Waals surface area contributed by atoms with Crippen LogP contribution in [0.25, 0.3) is 0 Å². The summed E-state index contributed by atoms with van der Waals surface area (Å²) in [6.07, 6.45) is 3.21. The number of rotatable bonds is 5. The smallest absolute Gasteiger partial charge is 0.308 e. The molecule has 0 aromatic rings. The van der Waals surface area contributed by atoms with E-state index in [1.807, 2.05) is 20.8 Å². The zero-order valence-electron chi connectivity index (χ0n) is 8.59. The van der Waals surface area contributed by atoms with Crippen LogP contribution in [0.5, 0.6) is 0 Å². The second-order valence-electron chi connectivity index (χ2n) is 3.53. The lowest BCUT2D eigenvalue weighted by molar-refractivity contribution is -0.152. The summed E-state index contributed by atoms with van der Waals surface area (Å²) in [5.41, 5.74) is 0. The van der Waals surface area contributed by atoms with Crippen molar-refractivity contribution >= 4 is 5.97 Å². The molecule has 0 N–H and O–H groups in total. The Kier molecular flexibility index (Phi) is 5.77. The van der Waals surface area contributed by atoms with Crippen LogP contribution in [0, 0.1) is 5.92 Å². The molecule has 0 radical (unpaired) electrons. The fourth-order valence-corrected chi connectivity index (χ4v) is 0.977. The predicted molar refractivity (Wildman–Crippen MR) is 49.9 cm³/mol. The minimum absolute atomic E-state index is 0.0153. The van der Waals surface area contributed by atoms with E-state index in [2.05, 4.69) is 6.92 Å². The van der Waals surface area contributed by atoms with E-state index in [0.717, 1.165) is 19.3 Å². The van der Waals surface area contributed by atoms with E-state index in [9.17, 15) is 4.79 Å². The van der Waals surface area contributed by atoms with Crippen LogP contribution < -0.4 is 0 Å². The second kappa shape index (κ2) is 6.04. The van der Waals surface area contributed by atoms with Crippen LogP contribution in [-0.2, 0) is 9.53 Å². The van der Waals surface area contributed by atoms with Gasteiger partial charge in [-0.2, -0.15) is 0 Å². The molecule has 0 bridgehead atoms. The molecule has 0 aliphatic carbocycles. The van der Waals surface area contributed by atoms with Gasteiger partial charge in [-0.3, -0.25) is 4.79 Å². The standard InChI is InChI=1S/C10H20O2/c1-5-6-7-9(4)10(11)12-8(2)3/h8-9H,5-7H2,1-4H3/t9-/m1/s1. The molecule has 72 valence electrons. The van der Waals surface area contributed by atoms with Crippen molar-refractivity contribution in [1.29, 1.82) is 0 Å². The fraction of sp³-hybridized carbons (Fsp3) is 0.900. The van der Waals surface area contributed by atoms with Crippen LogP contribution in [0.4, 0.5) is 0 Å². The lowest BCUT2D eigenvalue weighted by Crippen LogP contribution is -2.18. The van der Waals surface area contributed by atoms with Gasteiger partial charge in [0.15, 0.2) is 0 Å². The van der Waals surface area contributed by atoms with Gasteiger partial charge in [0.1, 0.15) is 0 Å². The maximum absolute atomic E-state index is 11.2. The number of carbonyl (C=O) groups excluding carboxylic acids is 1. The molecule has 2 heteroatoms. The summed E-state index contributed by atoms with van der Waals surface area (Å²) < 4.78 is 5.07. The van der Waals surface area contributed by atoms with Gasteiger partial charge in [-0.1, -0.05) is 26.7 Å². The first kappa shape index (κ1) is 11.5. The highest BCUT2D eigenvalue weighted by atomic mass is 16.5. The first-order chi connectivity index (χ1) is 5.57. The lowest BCUT2D eigenvalue weighted by atomic mass is 10.1. The van der Waals surface area contributed by atoms with Gasteiger partial charge < -0.3 is 4.74 Å². The Morgan fingerprint density at radius 1 is 1.33 bits per heavy atom. The van der Waals surface area contributed by atoms with Gasteiger partial charge in [0.25, 0.3) is 0 Å². The van der Waals surface area contributed by atoms with Gasteiger partial charge in [-0.15, -0.1) is 0 Å². The van der Waals surface area contributed by atoms with E-state index >= 15 is 0 Å². The first-order valence-electron chi connectivity index (χ1n) is 4.78. The molecule has 0 aliphatic heterocycles. The number of unbranched alkanes of at least 4 members (excludes halogenated alkanes) is 1. The summed E-state index contributed by atoms with van der Waals surface area (Å²) in [7, 11) is 0. The number of hydrogen-bond acceptors (Lipinski definition) is 2. The Morgan fingerprint density at radius 3 is 2.33 bits per heavy atom. The number of carbonyl (C=O) groups is 1. The quantitative estimate of drug-likeness (QED) is 0.596. The van der Waals surface area contributed by atoms with E-state index in [1.54, 1.807) is 0 Å². The molecule has 0 aliphatic rings. The van der Waals surface area contributed by atoms with Crippen LogP contribution in [0.2, 0.25) is 0 Å². The highest BCUT2D eigenvalue weighted by Crippen LogP contribution is 2.10. The lowest BCUT2D eigenvalue weighted by Gasteiger charge is -2.12. The van der Waals surface area contributed by atoms with E-state index in [0.29, 0.717) is 0 Å². The molecule has 0 fully saturated rings. The van der Waals surface area contributed by atoms with Crippen molar-refractivity contribution in [3.63, 3.8) is 0 Å². The Morgan fingerprint density at radius 2 is 1.92 bits per heavy atom. The molecule has 2 nitrogen and oxygen atoms in total. The molecule has 0 spiro atoms. The van der Waals surface area contributed by atoms with Gasteiger partial charge >= 0.3 is 5.97 Å². The van der Waals surface area contributed by atoms with Gasteiger partial charge in [-0.05, 0) is 20.3 Å². The number of ether oxygens (including phenoxy) is 1. The van der Waals surface area contributed by atoms with Gasteiger partial charge in [0.05, 0.1) is 12.0 Å². The highest BCUT2D eigenvalue weighted by Gasteiger charge is 2.14. The van der Waals surface area contributed by atoms with E-state index in [-0.39, 0.29) is 18.0 Å². The third-order valence-electron chi connectivity index (χ3n) is 1.74. The third kappa shape index (κ3) is 5.16. The van der Waals surface area contributed by atoms with Crippen LogP contribution in [0.1, 0.15) is 47.0 Å². The Balaban J connectivity index is 3.61. The Bertz CT molecular complexity index is 130. The molecule has 0 aromatic heterocycles. The molecule has 0 amide bonds.